The molecular weight excluding hydrogens is 452 g/mol. The van der Waals surface area contributed by atoms with Crippen LogP contribution in [0.1, 0.15) is 26.3 Å². The van der Waals surface area contributed by atoms with E-state index in [2.05, 4.69) is 15.6 Å². The number of para-hydroxylation sites is 3. The zero-order valence-electron chi connectivity index (χ0n) is 18.7. The minimum atomic E-state index is -0.789. The van der Waals surface area contributed by atoms with Gasteiger partial charge < -0.3 is 10.6 Å². The monoisotopic (exact) mass is 474 g/mol. The van der Waals surface area contributed by atoms with E-state index in [9.17, 15) is 14.4 Å². The van der Waals surface area contributed by atoms with Gasteiger partial charge in [0.2, 0.25) is 11.8 Å². The summed E-state index contributed by atoms with van der Waals surface area (Å²) < 4.78 is 1.48. The van der Waals surface area contributed by atoms with Gasteiger partial charge in [0.05, 0.1) is 16.7 Å². The van der Waals surface area contributed by atoms with Crippen molar-refractivity contribution < 1.29 is 9.59 Å². The Bertz CT molecular complexity index is 1430. The molecule has 4 aromatic rings. The molecule has 4 rings (SSSR count). The molecule has 2 amide bonds. The van der Waals surface area contributed by atoms with Gasteiger partial charge in [-0.2, -0.15) is 0 Å². The lowest BCUT2D eigenvalue weighted by molar-refractivity contribution is -0.119. The summed E-state index contributed by atoms with van der Waals surface area (Å²) in [6, 6.07) is 20.1. The summed E-state index contributed by atoms with van der Waals surface area (Å²) in [5.74, 6) is -0.591. The maximum Gasteiger partial charge on any atom is 0.278 e. The fourth-order valence-electron chi connectivity index (χ4n) is 3.87. The average molecular weight is 475 g/mol. The lowest BCUT2D eigenvalue weighted by atomic mass is 10.1. The number of carbonyl (C=O) groups excluding carboxylic acids is 2. The van der Waals surface area contributed by atoms with Crippen LogP contribution in [0.3, 0.4) is 0 Å². The SMILES string of the molecule is CC[C@H](C(=O)Nc1ccc(Cl)cc1)n1c(=O)c(-c2ccccc2NC(C)=O)nc2ccccc21. The smallest absolute Gasteiger partial charge is 0.278 e. The van der Waals surface area contributed by atoms with Gasteiger partial charge in [0, 0.05) is 23.2 Å². The lowest BCUT2D eigenvalue weighted by Crippen LogP contribution is -2.34. The van der Waals surface area contributed by atoms with Gasteiger partial charge in [0.15, 0.2) is 0 Å². The van der Waals surface area contributed by atoms with Crippen molar-refractivity contribution in [2.24, 2.45) is 0 Å². The molecule has 7 nitrogen and oxygen atoms in total. The minimum absolute atomic E-state index is 0.154. The Hall–Kier alpha value is -3.97. The van der Waals surface area contributed by atoms with Crippen molar-refractivity contribution in [2.75, 3.05) is 10.6 Å². The van der Waals surface area contributed by atoms with Gasteiger partial charge in [0.25, 0.3) is 5.56 Å². The number of nitrogens with one attached hydrogen (secondary N) is 2. The van der Waals surface area contributed by atoms with E-state index in [0.717, 1.165) is 0 Å². The van der Waals surface area contributed by atoms with Crippen molar-refractivity contribution in [2.45, 2.75) is 26.3 Å². The van der Waals surface area contributed by atoms with Gasteiger partial charge in [0.1, 0.15) is 11.7 Å². The van der Waals surface area contributed by atoms with Crippen molar-refractivity contribution >= 4 is 45.8 Å². The first kappa shape index (κ1) is 23.2. The Morgan fingerprint density at radius 3 is 2.35 bits per heavy atom. The molecule has 1 aromatic heterocycles. The van der Waals surface area contributed by atoms with Crippen LogP contribution < -0.4 is 16.2 Å². The van der Waals surface area contributed by atoms with Crippen LogP contribution in [-0.2, 0) is 9.59 Å². The molecule has 3 aromatic carbocycles. The second kappa shape index (κ2) is 9.89. The van der Waals surface area contributed by atoms with Crippen molar-refractivity contribution in [3.63, 3.8) is 0 Å². The zero-order valence-corrected chi connectivity index (χ0v) is 19.5. The molecule has 0 unspecified atom stereocenters. The number of nitrogens with zero attached hydrogens (tertiary/aromatic N) is 2. The maximum atomic E-state index is 13.8. The fraction of sp³-hybridized carbons (Fsp3) is 0.154. The Kier molecular flexibility index (Phi) is 6.75. The molecule has 172 valence electrons. The molecule has 1 heterocycles. The Balaban J connectivity index is 1.88. The molecule has 34 heavy (non-hydrogen) atoms. The normalized spacial score (nSPS) is 11.7. The topological polar surface area (TPSA) is 93.1 Å². The molecule has 0 spiro atoms. The molecule has 0 saturated carbocycles. The Morgan fingerprint density at radius 2 is 1.65 bits per heavy atom. The maximum absolute atomic E-state index is 13.8. The van der Waals surface area contributed by atoms with Crippen molar-refractivity contribution in [3.05, 3.63) is 88.2 Å². The zero-order chi connectivity index (χ0) is 24.2. The number of carbonyl (C=O) groups is 2. The summed E-state index contributed by atoms with van der Waals surface area (Å²) >= 11 is 5.95. The third kappa shape index (κ3) is 4.70. The largest absolute Gasteiger partial charge is 0.326 e. The summed E-state index contributed by atoms with van der Waals surface area (Å²) in [6.45, 7) is 3.25. The van der Waals surface area contributed by atoms with Crippen LogP contribution in [0.5, 0.6) is 0 Å². The van der Waals surface area contributed by atoms with Gasteiger partial charge in [-0.3, -0.25) is 19.0 Å². The second-order valence-corrected chi connectivity index (χ2v) is 8.21. The molecule has 2 N–H and O–H groups in total. The van der Waals surface area contributed by atoms with E-state index in [1.165, 1.54) is 11.5 Å². The molecule has 0 saturated heterocycles. The highest BCUT2D eigenvalue weighted by Gasteiger charge is 2.25. The summed E-state index contributed by atoms with van der Waals surface area (Å²) in [6.07, 6.45) is 0.375. The van der Waals surface area contributed by atoms with Crippen molar-refractivity contribution in [1.82, 2.24) is 9.55 Å². The van der Waals surface area contributed by atoms with Crippen LogP contribution in [-0.4, -0.2) is 21.4 Å². The van der Waals surface area contributed by atoms with Gasteiger partial charge in [-0.05, 0) is 48.9 Å². The van der Waals surface area contributed by atoms with Crippen LogP contribution >= 0.6 is 11.6 Å². The van der Waals surface area contributed by atoms with Gasteiger partial charge in [-0.15, -0.1) is 0 Å². The van der Waals surface area contributed by atoms with E-state index >= 15 is 0 Å². The van der Waals surface area contributed by atoms with E-state index in [4.69, 9.17) is 11.6 Å². The number of halogens is 1. The fourth-order valence-corrected chi connectivity index (χ4v) is 4.00. The Labute approximate surface area is 201 Å². The molecule has 0 fully saturated rings. The molecule has 0 aliphatic heterocycles. The van der Waals surface area contributed by atoms with Gasteiger partial charge >= 0.3 is 0 Å². The summed E-state index contributed by atoms with van der Waals surface area (Å²) in [7, 11) is 0. The van der Waals surface area contributed by atoms with Crippen LogP contribution in [0.25, 0.3) is 22.3 Å². The first-order valence-corrected chi connectivity index (χ1v) is 11.2. The molecule has 0 aliphatic rings. The lowest BCUT2D eigenvalue weighted by Gasteiger charge is -2.21. The van der Waals surface area contributed by atoms with Crippen LogP contribution in [0.15, 0.2) is 77.6 Å². The van der Waals surface area contributed by atoms with Crippen molar-refractivity contribution in [3.8, 4) is 11.3 Å². The van der Waals surface area contributed by atoms with E-state index < -0.39 is 11.6 Å². The highest BCUT2D eigenvalue weighted by atomic mass is 35.5. The molecule has 8 heteroatoms. The quantitative estimate of drug-likeness (QED) is 0.398. The van der Waals surface area contributed by atoms with Gasteiger partial charge in [-0.1, -0.05) is 48.9 Å². The van der Waals surface area contributed by atoms with Crippen LogP contribution in [0.4, 0.5) is 11.4 Å². The molecule has 0 radical (unpaired) electrons. The minimum Gasteiger partial charge on any atom is -0.326 e. The summed E-state index contributed by atoms with van der Waals surface area (Å²) in [5.41, 5.74) is 2.37. The number of anilines is 2. The van der Waals surface area contributed by atoms with Crippen molar-refractivity contribution in [1.29, 1.82) is 0 Å². The average Bonchev–Trinajstić information content (AvgIpc) is 2.82. The molecular formula is C26H23ClN4O3. The van der Waals surface area contributed by atoms with E-state index in [-0.39, 0.29) is 17.5 Å². The predicted molar refractivity (Wildman–Crippen MR) is 135 cm³/mol. The van der Waals surface area contributed by atoms with Crippen LogP contribution in [0.2, 0.25) is 5.02 Å². The second-order valence-electron chi connectivity index (χ2n) is 7.77. The number of fused-ring (bicyclic) bond motifs is 1. The highest BCUT2D eigenvalue weighted by Crippen LogP contribution is 2.27. The van der Waals surface area contributed by atoms with Gasteiger partial charge in [-0.25, -0.2) is 4.98 Å². The van der Waals surface area contributed by atoms with E-state index in [1.807, 2.05) is 13.0 Å². The number of benzene rings is 3. The number of hydrogen-bond acceptors (Lipinski definition) is 4. The standard InChI is InChI=1S/C26H23ClN4O3/c1-3-22(25(33)29-18-14-12-17(27)13-15-18)31-23-11-7-6-10-21(23)30-24(26(31)34)19-8-4-5-9-20(19)28-16(2)32/h4-15,22H,3H2,1-2H3,(H,28,32)(H,29,33)/t22-/m1/s1. The molecule has 0 aliphatic carbocycles. The number of rotatable bonds is 6. The van der Waals surface area contributed by atoms with Crippen LogP contribution in [0, 0.1) is 0 Å². The third-order valence-corrected chi connectivity index (χ3v) is 5.65. The first-order valence-electron chi connectivity index (χ1n) is 10.8. The van der Waals surface area contributed by atoms with E-state index in [0.29, 0.717) is 39.4 Å². The number of amides is 2. The number of hydrogen-bond donors (Lipinski definition) is 2. The molecule has 1 atom stereocenters. The summed E-state index contributed by atoms with van der Waals surface area (Å²) in [4.78, 5) is 43.5. The predicted octanol–water partition coefficient (Wildman–Crippen LogP) is 5.27. The third-order valence-electron chi connectivity index (χ3n) is 5.40. The number of aromatic nitrogens is 2. The Morgan fingerprint density at radius 1 is 0.971 bits per heavy atom. The summed E-state index contributed by atoms with van der Waals surface area (Å²) in [5, 5.41) is 6.18. The van der Waals surface area contributed by atoms with E-state index in [1.54, 1.807) is 66.7 Å². The molecule has 0 bridgehead atoms. The highest BCUT2D eigenvalue weighted by molar-refractivity contribution is 6.30. The first-order chi connectivity index (χ1) is 16.4.